The minimum absolute atomic E-state index is 0.0988. The van der Waals surface area contributed by atoms with E-state index in [2.05, 4.69) is 5.32 Å². The van der Waals surface area contributed by atoms with Crippen molar-refractivity contribution < 1.29 is 14.3 Å². The highest BCUT2D eigenvalue weighted by Crippen LogP contribution is 2.30. The predicted octanol–water partition coefficient (Wildman–Crippen LogP) is 2.38. The largest absolute Gasteiger partial charge is 0.497 e. The van der Waals surface area contributed by atoms with Crippen molar-refractivity contribution in [2.24, 2.45) is 0 Å². The molecule has 0 radical (unpaired) electrons. The summed E-state index contributed by atoms with van der Waals surface area (Å²) in [5.41, 5.74) is 3.01. The lowest BCUT2D eigenvalue weighted by Crippen LogP contribution is -2.39. The maximum Gasteiger partial charge on any atom is 0.227 e. The van der Waals surface area contributed by atoms with Gasteiger partial charge >= 0.3 is 0 Å². The van der Waals surface area contributed by atoms with Gasteiger partial charge in [0.05, 0.1) is 25.8 Å². The average molecular weight is 438 g/mol. The second kappa shape index (κ2) is 9.54. The molecule has 1 fully saturated rings. The van der Waals surface area contributed by atoms with E-state index in [1.165, 1.54) is 0 Å². The zero-order valence-corrected chi connectivity index (χ0v) is 19.1. The quantitative estimate of drug-likeness (QED) is 0.773. The number of amides is 2. The molecule has 1 aromatic heterocycles. The summed E-state index contributed by atoms with van der Waals surface area (Å²) < 4.78 is 5.20. The maximum absolute atomic E-state index is 13.0. The molecule has 170 valence electrons. The smallest absolute Gasteiger partial charge is 0.227 e. The second-order valence-electron chi connectivity index (χ2n) is 8.48. The SMILES string of the molecule is CNc1nc(C2CCN(C(C)=O)CC2)nc2c1CCN(C(=O)Cc1ccc(OC)cc1)C2. The number of hydrogen-bond acceptors (Lipinski definition) is 6. The lowest BCUT2D eigenvalue weighted by molar-refractivity contribution is -0.131. The van der Waals surface area contributed by atoms with Gasteiger partial charge in [0.15, 0.2) is 0 Å². The van der Waals surface area contributed by atoms with Crippen LogP contribution in [0, 0.1) is 0 Å². The van der Waals surface area contributed by atoms with E-state index < -0.39 is 0 Å². The van der Waals surface area contributed by atoms with Gasteiger partial charge in [0.1, 0.15) is 17.4 Å². The standard InChI is InChI=1S/C24H31N5O3/c1-16(30)28-11-8-18(9-12-28)23-26-21-15-29(13-10-20(21)24(25-2)27-23)22(31)14-17-4-6-19(32-3)7-5-17/h4-7,18H,8-15H2,1-3H3,(H,25,26,27). The van der Waals surface area contributed by atoms with E-state index in [4.69, 9.17) is 14.7 Å². The number of carbonyl (C=O) groups is 2. The lowest BCUT2D eigenvalue weighted by Gasteiger charge is -2.33. The maximum atomic E-state index is 13.0. The molecule has 8 heteroatoms. The molecule has 1 saturated heterocycles. The molecule has 0 bridgehead atoms. The summed E-state index contributed by atoms with van der Waals surface area (Å²) in [6.45, 7) is 4.26. The molecule has 2 aliphatic rings. The number of aromatic nitrogens is 2. The summed E-state index contributed by atoms with van der Waals surface area (Å²) in [6.07, 6.45) is 2.83. The van der Waals surface area contributed by atoms with Gasteiger partial charge in [0, 0.05) is 45.1 Å². The number of likely N-dealkylation sites (tertiary alicyclic amines) is 1. The van der Waals surface area contributed by atoms with Crippen LogP contribution in [0.25, 0.3) is 0 Å². The fraction of sp³-hybridized carbons (Fsp3) is 0.500. The van der Waals surface area contributed by atoms with Gasteiger partial charge in [-0.05, 0) is 37.0 Å². The number of rotatable bonds is 5. The first kappa shape index (κ1) is 22.0. The van der Waals surface area contributed by atoms with E-state index in [1.807, 2.05) is 41.1 Å². The van der Waals surface area contributed by atoms with Crippen LogP contribution in [-0.2, 0) is 29.0 Å². The summed E-state index contributed by atoms with van der Waals surface area (Å²) in [5.74, 6) is 2.92. The van der Waals surface area contributed by atoms with E-state index >= 15 is 0 Å². The van der Waals surface area contributed by atoms with Crippen molar-refractivity contribution in [3.05, 3.63) is 46.9 Å². The van der Waals surface area contributed by atoms with Crippen LogP contribution in [0.2, 0.25) is 0 Å². The van der Waals surface area contributed by atoms with Crippen molar-refractivity contribution in [2.45, 2.75) is 45.1 Å². The third-order valence-electron chi connectivity index (χ3n) is 6.49. The molecule has 2 aromatic rings. The van der Waals surface area contributed by atoms with Crippen molar-refractivity contribution in [3.8, 4) is 5.75 Å². The summed E-state index contributed by atoms with van der Waals surface area (Å²) >= 11 is 0. The average Bonchev–Trinajstić information content (AvgIpc) is 2.83. The first-order valence-corrected chi connectivity index (χ1v) is 11.2. The molecule has 1 N–H and O–H groups in total. The first-order valence-electron chi connectivity index (χ1n) is 11.2. The van der Waals surface area contributed by atoms with Gasteiger partial charge in [0.25, 0.3) is 0 Å². The molecule has 2 amide bonds. The van der Waals surface area contributed by atoms with Crippen molar-refractivity contribution in [1.29, 1.82) is 0 Å². The highest BCUT2D eigenvalue weighted by atomic mass is 16.5. The summed E-state index contributed by atoms with van der Waals surface area (Å²) in [6, 6.07) is 7.62. The third kappa shape index (κ3) is 4.69. The number of benzene rings is 1. The van der Waals surface area contributed by atoms with Gasteiger partial charge in [-0.15, -0.1) is 0 Å². The summed E-state index contributed by atoms with van der Waals surface area (Å²) in [7, 11) is 3.51. The summed E-state index contributed by atoms with van der Waals surface area (Å²) in [5, 5.41) is 3.23. The minimum Gasteiger partial charge on any atom is -0.497 e. The van der Waals surface area contributed by atoms with E-state index in [0.29, 0.717) is 19.5 Å². The monoisotopic (exact) mass is 437 g/mol. The molecule has 0 aliphatic carbocycles. The molecule has 1 aromatic carbocycles. The highest BCUT2D eigenvalue weighted by Gasteiger charge is 2.29. The molecule has 8 nitrogen and oxygen atoms in total. The number of ether oxygens (including phenoxy) is 1. The van der Waals surface area contributed by atoms with Crippen LogP contribution in [0.3, 0.4) is 0 Å². The molecule has 3 heterocycles. The number of nitrogens with one attached hydrogen (secondary N) is 1. The Bertz CT molecular complexity index is 984. The zero-order chi connectivity index (χ0) is 22.7. The van der Waals surface area contributed by atoms with Gasteiger partial charge in [-0.1, -0.05) is 12.1 Å². The zero-order valence-electron chi connectivity index (χ0n) is 19.1. The Labute approximate surface area is 189 Å². The topological polar surface area (TPSA) is 87.7 Å². The molecule has 2 aliphatic heterocycles. The van der Waals surface area contributed by atoms with Crippen LogP contribution in [0.4, 0.5) is 5.82 Å². The van der Waals surface area contributed by atoms with Crippen LogP contribution in [0.5, 0.6) is 5.75 Å². The molecule has 0 atom stereocenters. The Hall–Kier alpha value is -3.16. The number of fused-ring (bicyclic) bond motifs is 1. The molecular weight excluding hydrogens is 406 g/mol. The van der Waals surface area contributed by atoms with E-state index in [1.54, 1.807) is 14.0 Å². The van der Waals surface area contributed by atoms with Gasteiger partial charge < -0.3 is 19.9 Å². The van der Waals surface area contributed by atoms with Crippen LogP contribution >= 0.6 is 0 Å². The first-order chi connectivity index (χ1) is 15.5. The molecule has 32 heavy (non-hydrogen) atoms. The highest BCUT2D eigenvalue weighted by molar-refractivity contribution is 5.79. The number of nitrogens with zero attached hydrogens (tertiary/aromatic N) is 4. The van der Waals surface area contributed by atoms with Crippen molar-refractivity contribution in [2.75, 3.05) is 39.1 Å². The fourth-order valence-electron chi connectivity index (χ4n) is 4.53. The van der Waals surface area contributed by atoms with Crippen LogP contribution < -0.4 is 10.1 Å². The molecule has 0 saturated carbocycles. The fourth-order valence-corrected chi connectivity index (χ4v) is 4.53. The number of carbonyl (C=O) groups excluding carboxylic acids is 2. The Morgan fingerprint density at radius 3 is 2.44 bits per heavy atom. The van der Waals surface area contributed by atoms with Crippen LogP contribution in [0.1, 0.15) is 48.3 Å². The van der Waals surface area contributed by atoms with E-state index in [0.717, 1.165) is 66.6 Å². The van der Waals surface area contributed by atoms with Crippen LogP contribution in [-0.4, -0.2) is 65.4 Å². The van der Waals surface area contributed by atoms with Crippen LogP contribution in [0.15, 0.2) is 24.3 Å². The van der Waals surface area contributed by atoms with Gasteiger partial charge in [-0.25, -0.2) is 9.97 Å². The molecular formula is C24H31N5O3. The number of hydrogen-bond donors (Lipinski definition) is 1. The van der Waals surface area contributed by atoms with Crippen molar-refractivity contribution in [3.63, 3.8) is 0 Å². The predicted molar refractivity (Wildman–Crippen MR) is 122 cm³/mol. The Morgan fingerprint density at radius 1 is 1.09 bits per heavy atom. The lowest BCUT2D eigenvalue weighted by atomic mass is 9.95. The van der Waals surface area contributed by atoms with Gasteiger partial charge in [0.2, 0.25) is 11.8 Å². The molecule has 0 unspecified atom stereocenters. The Balaban J connectivity index is 1.48. The number of methoxy groups -OCH3 is 1. The third-order valence-corrected chi connectivity index (χ3v) is 6.49. The normalized spacial score (nSPS) is 16.5. The number of anilines is 1. The minimum atomic E-state index is 0.0988. The Morgan fingerprint density at radius 2 is 1.81 bits per heavy atom. The van der Waals surface area contributed by atoms with E-state index in [-0.39, 0.29) is 17.7 Å². The van der Waals surface area contributed by atoms with Gasteiger partial charge in [-0.2, -0.15) is 0 Å². The van der Waals surface area contributed by atoms with Gasteiger partial charge in [-0.3, -0.25) is 9.59 Å². The molecule has 0 spiro atoms. The van der Waals surface area contributed by atoms with Crippen molar-refractivity contribution >= 4 is 17.6 Å². The number of piperidine rings is 1. The van der Waals surface area contributed by atoms with Crippen molar-refractivity contribution in [1.82, 2.24) is 19.8 Å². The van der Waals surface area contributed by atoms with E-state index in [9.17, 15) is 9.59 Å². The summed E-state index contributed by atoms with van der Waals surface area (Å²) in [4.78, 5) is 38.1. The molecule has 4 rings (SSSR count). The Kier molecular flexibility index (Phi) is 6.58. The second-order valence-corrected chi connectivity index (χ2v) is 8.48.